The molecule has 1 aliphatic carbocycles. The molecule has 3 rings (SSSR count). The molecule has 86 valence electrons. The summed E-state index contributed by atoms with van der Waals surface area (Å²) in [5.74, 6) is 0.955. The lowest BCUT2D eigenvalue weighted by Gasteiger charge is -2.27. The van der Waals surface area contributed by atoms with Crippen LogP contribution in [0.2, 0.25) is 0 Å². The molecule has 1 aromatic heterocycles. The van der Waals surface area contributed by atoms with E-state index < -0.39 is 0 Å². The summed E-state index contributed by atoms with van der Waals surface area (Å²) in [4.78, 5) is 8.75. The summed E-state index contributed by atoms with van der Waals surface area (Å²) in [6.45, 7) is 1.67. The van der Waals surface area contributed by atoms with Crippen molar-refractivity contribution in [1.29, 1.82) is 0 Å². The summed E-state index contributed by atoms with van der Waals surface area (Å²) in [7, 11) is 1.61. The van der Waals surface area contributed by atoms with Gasteiger partial charge in [0.1, 0.15) is 5.82 Å². The molecule has 0 saturated heterocycles. The van der Waals surface area contributed by atoms with Crippen molar-refractivity contribution < 1.29 is 4.74 Å². The number of nitrogens with zero attached hydrogens (tertiary/aromatic N) is 2. The van der Waals surface area contributed by atoms with E-state index in [4.69, 9.17) is 4.74 Å². The Hall–Kier alpha value is -1.36. The molecule has 16 heavy (non-hydrogen) atoms. The topological polar surface area (TPSA) is 59.1 Å². The zero-order chi connectivity index (χ0) is 11.0. The van der Waals surface area contributed by atoms with Gasteiger partial charge in [-0.25, -0.2) is 0 Å². The highest BCUT2D eigenvalue weighted by molar-refractivity contribution is 5.50. The Bertz CT molecular complexity index is 403. The predicted molar refractivity (Wildman–Crippen MR) is 60.4 cm³/mol. The first-order valence-electron chi connectivity index (χ1n) is 5.78. The van der Waals surface area contributed by atoms with E-state index in [9.17, 15) is 0 Å². The van der Waals surface area contributed by atoms with Crippen LogP contribution in [-0.4, -0.2) is 23.1 Å². The average molecular weight is 220 g/mol. The van der Waals surface area contributed by atoms with Crippen LogP contribution < -0.4 is 15.4 Å². The Morgan fingerprint density at radius 1 is 1.31 bits per heavy atom. The number of methoxy groups -OCH3 is 1. The van der Waals surface area contributed by atoms with Gasteiger partial charge in [0.15, 0.2) is 0 Å². The van der Waals surface area contributed by atoms with E-state index in [1.54, 1.807) is 7.11 Å². The van der Waals surface area contributed by atoms with Crippen LogP contribution in [-0.2, 0) is 13.1 Å². The molecule has 2 heterocycles. The monoisotopic (exact) mass is 220 g/mol. The number of nitrogens with one attached hydrogen (secondary N) is 2. The molecule has 0 atom stereocenters. The zero-order valence-electron chi connectivity index (χ0n) is 9.42. The van der Waals surface area contributed by atoms with E-state index >= 15 is 0 Å². The van der Waals surface area contributed by atoms with Crippen LogP contribution in [0.25, 0.3) is 0 Å². The van der Waals surface area contributed by atoms with Gasteiger partial charge in [0.25, 0.3) is 0 Å². The fourth-order valence-corrected chi connectivity index (χ4v) is 2.10. The van der Waals surface area contributed by atoms with Gasteiger partial charge in [0.2, 0.25) is 0 Å². The van der Waals surface area contributed by atoms with Crippen molar-refractivity contribution in [2.45, 2.75) is 38.4 Å². The van der Waals surface area contributed by atoms with Crippen LogP contribution >= 0.6 is 0 Å². The molecule has 2 aliphatic rings. The lowest BCUT2D eigenvalue weighted by atomic mass is 9.93. The number of aromatic nitrogens is 2. The molecule has 1 aliphatic heterocycles. The van der Waals surface area contributed by atoms with Crippen molar-refractivity contribution in [3.8, 4) is 6.01 Å². The zero-order valence-corrected chi connectivity index (χ0v) is 9.42. The van der Waals surface area contributed by atoms with Crippen LogP contribution in [0.1, 0.15) is 30.5 Å². The molecule has 5 nitrogen and oxygen atoms in total. The maximum absolute atomic E-state index is 5.12. The summed E-state index contributed by atoms with van der Waals surface area (Å²) in [6, 6.07) is 1.05. The lowest BCUT2D eigenvalue weighted by molar-refractivity contribution is 0.377. The molecule has 0 bridgehead atoms. The van der Waals surface area contributed by atoms with Gasteiger partial charge in [-0.05, 0) is 19.3 Å². The van der Waals surface area contributed by atoms with Crippen molar-refractivity contribution in [2.75, 3.05) is 12.4 Å². The molecule has 0 unspecified atom stereocenters. The summed E-state index contributed by atoms with van der Waals surface area (Å²) in [5.41, 5.74) is 2.27. The second kappa shape index (κ2) is 3.90. The van der Waals surface area contributed by atoms with E-state index in [1.165, 1.54) is 24.8 Å². The molecule has 0 amide bonds. The van der Waals surface area contributed by atoms with Gasteiger partial charge in [-0.15, -0.1) is 0 Å². The Morgan fingerprint density at radius 2 is 2.19 bits per heavy atom. The van der Waals surface area contributed by atoms with Crippen molar-refractivity contribution >= 4 is 5.82 Å². The van der Waals surface area contributed by atoms with Crippen molar-refractivity contribution in [2.24, 2.45) is 0 Å². The van der Waals surface area contributed by atoms with E-state index in [0.29, 0.717) is 12.1 Å². The number of fused-ring (bicyclic) bond motifs is 1. The van der Waals surface area contributed by atoms with Gasteiger partial charge in [-0.3, -0.25) is 0 Å². The summed E-state index contributed by atoms with van der Waals surface area (Å²) >= 11 is 0. The smallest absolute Gasteiger partial charge is 0.318 e. The largest absolute Gasteiger partial charge is 0.467 e. The molecule has 0 spiro atoms. The van der Waals surface area contributed by atoms with Crippen molar-refractivity contribution in [3.05, 3.63) is 11.3 Å². The third-order valence-electron chi connectivity index (χ3n) is 3.30. The van der Waals surface area contributed by atoms with E-state index in [-0.39, 0.29) is 0 Å². The first-order chi connectivity index (χ1) is 7.86. The Labute approximate surface area is 94.6 Å². The highest BCUT2D eigenvalue weighted by Crippen LogP contribution is 2.28. The normalized spacial score (nSPS) is 19.1. The fraction of sp³-hybridized carbons (Fsp3) is 0.636. The first-order valence-corrected chi connectivity index (χ1v) is 5.78. The molecule has 1 fully saturated rings. The Balaban J connectivity index is 1.91. The van der Waals surface area contributed by atoms with Gasteiger partial charge in [-0.2, -0.15) is 9.97 Å². The molecule has 2 N–H and O–H groups in total. The van der Waals surface area contributed by atoms with Gasteiger partial charge >= 0.3 is 6.01 Å². The van der Waals surface area contributed by atoms with Gasteiger partial charge in [-0.1, -0.05) is 0 Å². The number of anilines is 1. The average Bonchev–Trinajstić information content (AvgIpc) is 2.70. The van der Waals surface area contributed by atoms with E-state index in [0.717, 1.165) is 24.6 Å². The van der Waals surface area contributed by atoms with Crippen LogP contribution in [0.3, 0.4) is 0 Å². The maximum Gasteiger partial charge on any atom is 0.318 e. The van der Waals surface area contributed by atoms with Crippen LogP contribution in [0.15, 0.2) is 0 Å². The fourth-order valence-electron chi connectivity index (χ4n) is 2.10. The van der Waals surface area contributed by atoms with E-state index in [2.05, 4.69) is 20.6 Å². The van der Waals surface area contributed by atoms with Crippen LogP contribution in [0.5, 0.6) is 6.01 Å². The quantitative estimate of drug-likeness (QED) is 0.797. The molecule has 1 saturated carbocycles. The highest BCUT2D eigenvalue weighted by atomic mass is 16.5. The Kier molecular flexibility index (Phi) is 2.40. The predicted octanol–water partition coefficient (Wildman–Crippen LogP) is 1.05. The van der Waals surface area contributed by atoms with E-state index in [1.807, 2.05) is 0 Å². The molecule has 1 aromatic rings. The highest BCUT2D eigenvalue weighted by Gasteiger charge is 2.23. The third-order valence-corrected chi connectivity index (χ3v) is 3.30. The second-order valence-corrected chi connectivity index (χ2v) is 4.36. The van der Waals surface area contributed by atoms with Gasteiger partial charge < -0.3 is 15.4 Å². The Morgan fingerprint density at radius 3 is 2.88 bits per heavy atom. The number of rotatable bonds is 3. The SMILES string of the molecule is COc1nc2c(c(NC3CCC3)n1)CNC2. The molecular weight excluding hydrogens is 204 g/mol. The summed E-state index contributed by atoms with van der Waals surface area (Å²) < 4.78 is 5.12. The third kappa shape index (κ3) is 1.61. The van der Waals surface area contributed by atoms with Crippen LogP contribution in [0, 0.1) is 0 Å². The first kappa shape index (κ1) is 9.84. The van der Waals surface area contributed by atoms with Crippen LogP contribution in [0.4, 0.5) is 5.82 Å². The van der Waals surface area contributed by atoms with Crippen molar-refractivity contribution in [1.82, 2.24) is 15.3 Å². The summed E-state index contributed by atoms with van der Waals surface area (Å²) in [5, 5.41) is 6.77. The minimum absolute atomic E-state index is 0.462. The lowest BCUT2D eigenvalue weighted by Crippen LogP contribution is -2.28. The number of hydrogen-bond donors (Lipinski definition) is 2. The molecule has 0 aromatic carbocycles. The number of hydrogen-bond acceptors (Lipinski definition) is 5. The maximum atomic E-state index is 5.12. The minimum atomic E-state index is 0.462. The second-order valence-electron chi connectivity index (χ2n) is 4.36. The molecule has 0 radical (unpaired) electrons. The molecular formula is C11H16N4O. The minimum Gasteiger partial charge on any atom is -0.467 e. The number of ether oxygens (including phenoxy) is 1. The van der Waals surface area contributed by atoms with Crippen molar-refractivity contribution in [3.63, 3.8) is 0 Å². The summed E-state index contributed by atoms with van der Waals surface area (Å²) in [6.07, 6.45) is 3.81. The van der Waals surface area contributed by atoms with Gasteiger partial charge in [0.05, 0.1) is 12.8 Å². The standard InChI is InChI=1S/C11H16N4O/c1-16-11-14-9-6-12-5-8(9)10(15-11)13-7-3-2-4-7/h7,12H,2-6H2,1H3,(H,13,14,15). The van der Waals surface area contributed by atoms with Gasteiger partial charge in [0, 0.05) is 24.7 Å². The molecule has 5 heteroatoms.